The van der Waals surface area contributed by atoms with E-state index in [4.69, 9.17) is 0 Å². The summed E-state index contributed by atoms with van der Waals surface area (Å²) in [7, 11) is -4.19. The van der Waals surface area contributed by atoms with Crippen LogP contribution in [0.2, 0.25) is 0 Å². The minimum absolute atomic E-state index is 0.0175. The van der Waals surface area contributed by atoms with Gasteiger partial charge in [-0.2, -0.15) is 8.42 Å². The number of benzene rings is 1. The van der Waals surface area contributed by atoms with Gasteiger partial charge in [-0.05, 0) is 23.1 Å². The second-order valence-electron chi connectivity index (χ2n) is 4.41. The molecule has 17 heavy (non-hydrogen) atoms. The highest BCUT2D eigenvalue weighted by Gasteiger charge is 2.22. The highest BCUT2D eigenvalue weighted by molar-refractivity contribution is 7.85. The van der Waals surface area contributed by atoms with E-state index in [2.05, 4.69) is 6.58 Å². The highest BCUT2D eigenvalue weighted by Crippen LogP contribution is 2.32. The van der Waals surface area contributed by atoms with E-state index in [1.165, 1.54) is 6.07 Å². The summed E-state index contributed by atoms with van der Waals surface area (Å²) in [5, 5.41) is 0. The number of allylic oxidation sites excluding steroid dienone is 1. The van der Waals surface area contributed by atoms with Gasteiger partial charge in [-0.15, -0.1) is 6.58 Å². The Labute approximate surface area is 103 Å². The number of hydrogen-bond donors (Lipinski definition) is 1. The van der Waals surface area contributed by atoms with Gasteiger partial charge in [0.1, 0.15) is 0 Å². The standard InChI is InChI=1S/C13H18O3S/c1-5-10(4)13-11(9(2)3)7-6-8-12(13)17(14,15)16/h5-10H,1H2,2-4H3,(H,14,15,16). The Morgan fingerprint density at radius 2 is 1.88 bits per heavy atom. The van der Waals surface area contributed by atoms with Gasteiger partial charge < -0.3 is 0 Å². The molecule has 0 saturated heterocycles. The molecule has 1 aromatic carbocycles. The van der Waals surface area contributed by atoms with E-state index >= 15 is 0 Å². The predicted octanol–water partition coefficient (Wildman–Crippen LogP) is 3.35. The van der Waals surface area contributed by atoms with Crippen LogP contribution in [0.3, 0.4) is 0 Å². The van der Waals surface area contributed by atoms with Crippen LogP contribution in [0.15, 0.2) is 35.7 Å². The summed E-state index contributed by atoms with van der Waals surface area (Å²) in [5.41, 5.74) is 1.56. The molecule has 3 nitrogen and oxygen atoms in total. The molecule has 1 atom stereocenters. The molecule has 94 valence electrons. The minimum atomic E-state index is -4.19. The quantitative estimate of drug-likeness (QED) is 0.662. The lowest BCUT2D eigenvalue weighted by atomic mass is 9.90. The lowest BCUT2D eigenvalue weighted by molar-refractivity contribution is 0.481. The molecule has 1 rings (SSSR count). The molecule has 0 fully saturated rings. The van der Waals surface area contributed by atoms with Gasteiger partial charge in [0.2, 0.25) is 0 Å². The zero-order valence-electron chi connectivity index (χ0n) is 10.3. The molecular formula is C13H18O3S. The summed E-state index contributed by atoms with van der Waals surface area (Å²) in [5.74, 6) is 0.0691. The van der Waals surface area contributed by atoms with Crippen molar-refractivity contribution in [2.24, 2.45) is 0 Å². The molecule has 0 aliphatic heterocycles. The van der Waals surface area contributed by atoms with Crippen LogP contribution < -0.4 is 0 Å². The van der Waals surface area contributed by atoms with Gasteiger partial charge in [0, 0.05) is 5.92 Å². The largest absolute Gasteiger partial charge is 0.294 e. The molecule has 0 bridgehead atoms. The normalized spacial score (nSPS) is 13.7. The van der Waals surface area contributed by atoms with Crippen molar-refractivity contribution < 1.29 is 13.0 Å². The molecule has 1 unspecified atom stereocenters. The molecule has 1 aromatic rings. The summed E-state index contributed by atoms with van der Waals surface area (Å²) >= 11 is 0. The summed E-state index contributed by atoms with van der Waals surface area (Å²) in [6, 6.07) is 4.96. The fourth-order valence-corrected chi connectivity index (χ4v) is 2.73. The van der Waals surface area contributed by atoms with E-state index in [-0.39, 0.29) is 16.7 Å². The maximum absolute atomic E-state index is 11.4. The second kappa shape index (κ2) is 5.02. The average molecular weight is 254 g/mol. The van der Waals surface area contributed by atoms with Crippen molar-refractivity contribution in [3.05, 3.63) is 42.0 Å². The Balaban J connectivity index is 3.62. The maximum Gasteiger partial charge on any atom is 0.294 e. The van der Waals surface area contributed by atoms with Crippen molar-refractivity contribution in [1.82, 2.24) is 0 Å². The molecule has 0 radical (unpaired) electrons. The number of hydrogen-bond acceptors (Lipinski definition) is 2. The van der Waals surface area contributed by atoms with Gasteiger partial charge in [-0.3, -0.25) is 4.55 Å². The summed E-state index contributed by atoms with van der Waals surface area (Å²) in [6.07, 6.45) is 1.68. The van der Waals surface area contributed by atoms with Gasteiger partial charge in [0.05, 0.1) is 4.90 Å². The second-order valence-corrected chi connectivity index (χ2v) is 5.80. The van der Waals surface area contributed by atoms with Gasteiger partial charge in [0.15, 0.2) is 0 Å². The Morgan fingerprint density at radius 3 is 2.29 bits per heavy atom. The van der Waals surface area contributed by atoms with Crippen LogP contribution in [0.4, 0.5) is 0 Å². The van der Waals surface area contributed by atoms with Gasteiger partial charge >= 0.3 is 0 Å². The molecule has 0 heterocycles. The molecule has 1 N–H and O–H groups in total. The fraction of sp³-hybridized carbons (Fsp3) is 0.385. The third kappa shape index (κ3) is 2.96. The Morgan fingerprint density at radius 1 is 1.29 bits per heavy atom. The number of rotatable bonds is 4. The van der Waals surface area contributed by atoms with E-state index in [0.717, 1.165) is 5.56 Å². The van der Waals surface area contributed by atoms with Crippen molar-refractivity contribution in [3.63, 3.8) is 0 Å². The molecule has 0 aromatic heterocycles. The van der Waals surface area contributed by atoms with Crippen LogP contribution in [-0.4, -0.2) is 13.0 Å². The molecule has 0 spiro atoms. The molecule has 0 aliphatic rings. The van der Waals surface area contributed by atoms with Crippen molar-refractivity contribution in [2.45, 2.75) is 37.5 Å². The first-order valence-corrected chi connectivity index (χ1v) is 6.96. The lowest BCUT2D eigenvalue weighted by Gasteiger charge is -2.19. The predicted molar refractivity (Wildman–Crippen MR) is 69.0 cm³/mol. The van der Waals surface area contributed by atoms with E-state index in [9.17, 15) is 13.0 Å². The van der Waals surface area contributed by atoms with Crippen LogP contribution in [0.5, 0.6) is 0 Å². The topological polar surface area (TPSA) is 54.4 Å². The first-order chi connectivity index (χ1) is 7.79. The minimum Gasteiger partial charge on any atom is -0.282 e. The monoisotopic (exact) mass is 254 g/mol. The third-order valence-corrected chi connectivity index (χ3v) is 3.72. The average Bonchev–Trinajstić information content (AvgIpc) is 2.25. The molecule has 0 amide bonds. The van der Waals surface area contributed by atoms with Crippen molar-refractivity contribution >= 4 is 10.1 Å². The fourth-order valence-electron chi connectivity index (χ4n) is 1.89. The van der Waals surface area contributed by atoms with Crippen LogP contribution in [0.25, 0.3) is 0 Å². The van der Waals surface area contributed by atoms with E-state index in [1.807, 2.05) is 26.8 Å². The van der Waals surface area contributed by atoms with Crippen LogP contribution in [0.1, 0.15) is 43.7 Å². The maximum atomic E-state index is 11.4. The Kier molecular flexibility index (Phi) is 4.11. The van der Waals surface area contributed by atoms with Crippen LogP contribution >= 0.6 is 0 Å². The summed E-state index contributed by atoms with van der Waals surface area (Å²) in [4.78, 5) is -0.0175. The smallest absolute Gasteiger partial charge is 0.282 e. The highest BCUT2D eigenvalue weighted by atomic mass is 32.2. The summed E-state index contributed by atoms with van der Waals surface area (Å²) in [6.45, 7) is 9.53. The van der Waals surface area contributed by atoms with Crippen LogP contribution in [-0.2, 0) is 10.1 Å². The summed E-state index contributed by atoms with van der Waals surface area (Å²) < 4.78 is 32.0. The zero-order valence-corrected chi connectivity index (χ0v) is 11.2. The molecule has 0 aliphatic carbocycles. The Hall–Kier alpha value is -1.13. The SMILES string of the molecule is C=CC(C)c1c(C(C)C)cccc1S(=O)(=O)O. The van der Waals surface area contributed by atoms with E-state index in [1.54, 1.807) is 12.1 Å². The molecular weight excluding hydrogens is 236 g/mol. The van der Waals surface area contributed by atoms with Crippen molar-refractivity contribution in [2.75, 3.05) is 0 Å². The molecule has 0 saturated carbocycles. The third-order valence-electron chi connectivity index (χ3n) is 2.81. The first kappa shape index (κ1) is 13.9. The Bertz CT molecular complexity index is 515. The van der Waals surface area contributed by atoms with Crippen molar-refractivity contribution in [1.29, 1.82) is 0 Å². The van der Waals surface area contributed by atoms with Gasteiger partial charge in [-0.25, -0.2) is 0 Å². The first-order valence-electron chi connectivity index (χ1n) is 5.52. The van der Waals surface area contributed by atoms with Crippen LogP contribution in [0, 0.1) is 0 Å². The zero-order chi connectivity index (χ0) is 13.2. The van der Waals surface area contributed by atoms with E-state index in [0.29, 0.717) is 5.56 Å². The van der Waals surface area contributed by atoms with Gasteiger partial charge in [-0.1, -0.05) is 39.0 Å². The molecule has 4 heteroatoms. The lowest BCUT2D eigenvalue weighted by Crippen LogP contribution is -2.09. The van der Waals surface area contributed by atoms with Crippen molar-refractivity contribution in [3.8, 4) is 0 Å². The van der Waals surface area contributed by atoms with E-state index < -0.39 is 10.1 Å². The van der Waals surface area contributed by atoms with Gasteiger partial charge in [0.25, 0.3) is 10.1 Å².